The number of rotatable bonds is 3. The van der Waals surface area contributed by atoms with Crippen LogP contribution in [0.2, 0.25) is 0 Å². The van der Waals surface area contributed by atoms with E-state index >= 15 is 0 Å². The van der Waals surface area contributed by atoms with Crippen molar-refractivity contribution in [1.29, 1.82) is 0 Å². The van der Waals surface area contributed by atoms with E-state index in [4.69, 9.17) is 4.74 Å². The number of fused-ring (bicyclic) bond motifs is 1. The van der Waals surface area contributed by atoms with Crippen LogP contribution in [0.15, 0.2) is 48.8 Å². The first-order valence-electron chi connectivity index (χ1n) is 7.69. The van der Waals surface area contributed by atoms with Gasteiger partial charge in [-0.15, -0.1) is 10.2 Å². The lowest BCUT2D eigenvalue weighted by Gasteiger charge is -2.27. The van der Waals surface area contributed by atoms with Gasteiger partial charge >= 0.3 is 0 Å². The maximum Gasteiger partial charge on any atom is 0.238 e. The molecule has 1 aliphatic rings. The summed E-state index contributed by atoms with van der Waals surface area (Å²) in [5.74, 6) is 2.13. The molecule has 1 saturated heterocycles. The second kappa shape index (κ2) is 6.18. The highest BCUT2D eigenvalue weighted by molar-refractivity contribution is 5.82. The van der Waals surface area contributed by atoms with E-state index in [9.17, 15) is 0 Å². The van der Waals surface area contributed by atoms with E-state index in [-0.39, 0.29) is 0 Å². The Labute approximate surface area is 134 Å². The van der Waals surface area contributed by atoms with Gasteiger partial charge in [0.05, 0.1) is 0 Å². The van der Waals surface area contributed by atoms with Gasteiger partial charge in [-0.05, 0) is 35.7 Å². The third-order valence-electron chi connectivity index (χ3n) is 3.90. The maximum absolute atomic E-state index is 5.80. The van der Waals surface area contributed by atoms with Crippen LogP contribution in [0.3, 0.4) is 0 Å². The zero-order valence-electron chi connectivity index (χ0n) is 12.6. The van der Waals surface area contributed by atoms with Gasteiger partial charge in [0, 0.05) is 50.0 Å². The van der Waals surface area contributed by atoms with Crippen LogP contribution in [0.1, 0.15) is 0 Å². The molecule has 6 nitrogen and oxygen atoms in total. The molecule has 0 radical (unpaired) electrons. The van der Waals surface area contributed by atoms with Crippen LogP contribution in [0.5, 0.6) is 11.6 Å². The Balaban J connectivity index is 1.51. The summed E-state index contributed by atoms with van der Waals surface area (Å²) in [6, 6.07) is 11.7. The van der Waals surface area contributed by atoms with Gasteiger partial charge in [-0.25, -0.2) is 0 Å². The lowest BCUT2D eigenvalue weighted by molar-refractivity contribution is 0.455. The molecule has 116 valence electrons. The van der Waals surface area contributed by atoms with Gasteiger partial charge in [0.2, 0.25) is 5.88 Å². The van der Waals surface area contributed by atoms with Crippen LogP contribution >= 0.6 is 0 Å². The Morgan fingerprint density at radius 3 is 2.70 bits per heavy atom. The summed E-state index contributed by atoms with van der Waals surface area (Å²) in [5.41, 5.74) is 0. The molecule has 4 rings (SSSR count). The number of hydrogen-bond acceptors (Lipinski definition) is 6. The Morgan fingerprint density at radius 1 is 0.957 bits per heavy atom. The Hall–Kier alpha value is -2.73. The summed E-state index contributed by atoms with van der Waals surface area (Å²) in [7, 11) is 0. The largest absolute Gasteiger partial charge is 0.438 e. The zero-order chi connectivity index (χ0) is 15.5. The first-order chi connectivity index (χ1) is 11.4. The SMILES string of the molecule is c1cc2cc(Oc3ccc(N4CCNCC4)nn3)ccc2cn1. The molecule has 0 aliphatic carbocycles. The van der Waals surface area contributed by atoms with Gasteiger partial charge in [0.15, 0.2) is 5.82 Å². The highest BCUT2D eigenvalue weighted by Gasteiger charge is 2.12. The Morgan fingerprint density at radius 2 is 1.87 bits per heavy atom. The highest BCUT2D eigenvalue weighted by atomic mass is 16.5. The van der Waals surface area contributed by atoms with Crippen LogP contribution < -0.4 is 15.0 Å². The second-order valence-corrected chi connectivity index (χ2v) is 5.45. The number of piperazine rings is 1. The van der Waals surface area contributed by atoms with E-state index < -0.39 is 0 Å². The molecule has 1 fully saturated rings. The van der Waals surface area contributed by atoms with Crippen molar-refractivity contribution in [3.63, 3.8) is 0 Å². The number of benzene rings is 1. The van der Waals surface area contributed by atoms with Crippen molar-refractivity contribution in [2.75, 3.05) is 31.1 Å². The van der Waals surface area contributed by atoms with Crippen LogP contribution in [0, 0.1) is 0 Å². The van der Waals surface area contributed by atoms with Gasteiger partial charge in [-0.3, -0.25) is 4.98 Å². The fraction of sp³-hybridized carbons (Fsp3) is 0.235. The molecule has 3 heterocycles. The van der Waals surface area contributed by atoms with Crippen molar-refractivity contribution < 1.29 is 4.74 Å². The maximum atomic E-state index is 5.80. The van der Waals surface area contributed by atoms with Crippen LogP contribution in [0.25, 0.3) is 10.8 Å². The van der Waals surface area contributed by atoms with E-state index in [1.54, 1.807) is 6.20 Å². The summed E-state index contributed by atoms with van der Waals surface area (Å²) in [6.07, 6.45) is 3.61. The quantitative estimate of drug-likeness (QED) is 0.800. The highest BCUT2D eigenvalue weighted by Crippen LogP contribution is 2.24. The number of ether oxygens (including phenoxy) is 1. The third-order valence-corrected chi connectivity index (χ3v) is 3.90. The predicted octanol–water partition coefficient (Wildman–Crippen LogP) is 2.23. The minimum atomic E-state index is 0.497. The first-order valence-corrected chi connectivity index (χ1v) is 7.69. The van der Waals surface area contributed by atoms with Crippen LogP contribution in [-0.2, 0) is 0 Å². The van der Waals surface area contributed by atoms with Crippen molar-refractivity contribution in [2.45, 2.75) is 0 Å². The summed E-state index contributed by atoms with van der Waals surface area (Å²) in [6.45, 7) is 3.86. The van der Waals surface area contributed by atoms with Crippen molar-refractivity contribution in [3.05, 3.63) is 48.8 Å². The number of nitrogens with one attached hydrogen (secondary N) is 1. The predicted molar refractivity (Wildman–Crippen MR) is 88.9 cm³/mol. The van der Waals surface area contributed by atoms with Crippen molar-refractivity contribution in [1.82, 2.24) is 20.5 Å². The molecular formula is C17H17N5O. The summed E-state index contributed by atoms with van der Waals surface area (Å²) >= 11 is 0. The van der Waals surface area contributed by atoms with Gasteiger partial charge in [-0.2, -0.15) is 0 Å². The molecule has 0 unspecified atom stereocenters. The minimum Gasteiger partial charge on any atom is -0.438 e. The summed E-state index contributed by atoms with van der Waals surface area (Å²) in [4.78, 5) is 6.33. The van der Waals surface area contributed by atoms with Gasteiger partial charge in [0.1, 0.15) is 5.75 Å². The molecule has 1 aromatic carbocycles. The minimum absolute atomic E-state index is 0.497. The first kappa shape index (κ1) is 13.9. The number of hydrogen-bond donors (Lipinski definition) is 1. The Bertz CT molecular complexity index is 799. The van der Waals surface area contributed by atoms with E-state index in [1.807, 2.05) is 42.6 Å². The molecule has 0 bridgehead atoms. The smallest absolute Gasteiger partial charge is 0.238 e. The molecule has 1 aliphatic heterocycles. The van der Waals surface area contributed by atoms with E-state index in [0.29, 0.717) is 5.88 Å². The molecule has 2 aromatic heterocycles. The van der Waals surface area contributed by atoms with E-state index in [0.717, 1.165) is 48.5 Å². The normalized spacial score (nSPS) is 14.9. The standard InChI is InChI=1S/C17H17N5O/c1-2-15(11-13-5-6-19-12-14(1)13)23-17-4-3-16(20-21-17)22-9-7-18-8-10-22/h1-6,11-12,18H,7-10H2. The van der Waals surface area contributed by atoms with Crippen molar-refractivity contribution in [3.8, 4) is 11.6 Å². The number of anilines is 1. The average molecular weight is 307 g/mol. The summed E-state index contributed by atoms with van der Waals surface area (Å²) in [5, 5.41) is 14.0. The second-order valence-electron chi connectivity index (χ2n) is 5.45. The molecule has 0 amide bonds. The lowest BCUT2D eigenvalue weighted by atomic mass is 10.2. The molecule has 0 spiro atoms. The van der Waals surface area contributed by atoms with Gasteiger partial charge in [0.25, 0.3) is 0 Å². The zero-order valence-corrected chi connectivity index (χ0v) is 12.6. The van der Waals surface area contributed by atoms with E-state index in [2.05, 4.69) is 25.4 Å². The molecule has 0 atom stereocenters. The van der Waals surface area contributed by atoms with Crippen LogP contribution in [-0.4, -0.2) is 41.4 Å². The average Bonchev–Trinajstić information content (AvgIpc) is 2.63. The monoisotopic (exact) mass is 307 g/mol. The van der Waals surface area contributed by atoms with Gasteiger partial charge in [-0.1, -0.05) is 0 Å². The molecule has 1 N–H and O–H groups in total. The third kappa shape index (κ3) is 3.07. The van der Waals surface area contributed by atoms with Crippen molar-refractivity contribution >= 4 is 16.6 Å². The topological polar surface area (TPSA) is 63.2 Å². The summed E-state index contributed by atoms with van der Waals surface area (Å²) < 4.78 is 5.80. The number of aromatic nitrogens is 3. The number of nitrogens with zero attached hydrogens (tertiary/aromatic N) is 4. The van der Waals surface area contributed by atoms with Crippen molar-refractivity contribution in [2.24, 2.45) is 0 Å². The molecule has 23 heavy (non-hydrogen) atoms. The molecule has 6 heteroatoms. The Kier molecular flexibility index (Phi) is 3.73. The number of pyridine rings is 1. The van der Waals surface area contributed by atoms with E-state index in [1.165, 1.54) is 0 Å². The lowest BCUT2D eigenvalue weighted by Crippen LogP contribution is -2.43. The fourth-order valence-corrected chi connectivity index (χ4v) is 2.68. The molecule has 0 saturated carbocycles. The fourth-order valence-electron chi connectivity index (χ4n) is 2.68. The van der Waals surface area contributed by atoms with Gasteiger partial charge < -0.3 is 15.0 Å². The molecule has 3 aromatic rings. The molecular weight excluding hydrogens is 290 g/mol. The van der Waals surface area contributed by atoms with Crippen LogP contribution in [0.4, 0.5) is 5.82 Å².